The summed E-state index contributed by atoms with van der Waals surface area (Å²) in [5.74, 6) is 0. The van der Waals surface area contributed by atoms with Crippen LogP contribution < -0.4 is 0 Å². The number of aryl methyl sites for hydroxylation is 1. The van der Waals surface area contributed by atoms with Gasteiger partial charge in [-0.15, -0.1) is 0 Å². The molecule has 14 heavy (non-hydrogen) atoms. The summed E-state index contributed by atoms with van der Waals surface area (Å²) in [5.41, 5.74) is 1.36. The molecule has 0 saturated carbocycles. The Morgan fingerprint density at radius 3 is 3.07 bits per heavy atom. The smallest absolute Gasteiger partial charge is 0.151 e. The van der Waals surface area contributed by atoms with Crippen molar-refractivity contribution < 1.29 is 9.53 Å². The van der Waals surface area contributed by atoms with Crippen molar-refractivity contribution in [3.05, 3.63) is 28.5 Å². The zero-order valence-electron chi connectivity index (χ0n) is 8.00. The lowest BCUT2D eigenvalue weighted by Crippen LogP contribution is -1.96. The molecule has 0 spiro atoms. The van der Waals surface area contributed by atoms with Gasteiger partial charge >= 0.3 is 0 Å². The second-order valence-corrected chi connectivity index (χ2v) is 3.32. The summed E-state index contributed by atoms with van der Waals surface area (Å²) in [6.45, 7) is 0.695. The Bertz CT molecular complexity index is 315. The molecule has 76 valence electrons. The quantitative estimate of drug-likeness (QED) is 0.556. The van der Waals surface area contributed by atoms with E-state index in [1.807, 2.05) is 0 Å². The fraction of sp³-hybridized carbons (Fsp3) is 0.400. The molecule has 0 saturated heterocycles. The second kappa shape index (κ2) is 5.73. The Morgan fingerprint density at radius 2 is 2.43 bits per heavy atom. The van der Waals surface area contributed by atoms with Gasteiger partial charge in [-0.1, -0.05) is 11.6 Å². The molecule has 0 amide bonds. The topological polar surface area (TPSA) is 39.2 Å². The van der Waals surface area contributed by atoms with Crippen LogP contribution in [0.5, 0.6) is 0 Å². The van der Waals surface area contributed by atoms with E-state index in [0.29, 0.717) is 17.2 Å². The first-order chi connectivity index (χ1) is 6.77. The van der Waals surface area contributed by atoms with Crippen molar-refractivity contribution in [3.63, 3.8) is 0 Å². The number of halogens is 1. The maximum absolute atomic E-state index is 10.6. The Hall–Kier alpha value is -0.930. The molecule has 0 unspecified atom stereocenters. The van der Waals surface area contributed by atoms with Crippen molar-refractivity contribution in [3.8, 4) is 0 Å². The number of aldehydes is 1. The van der Waals surface area contributed by atoms with Crippen LogP contribution in [0.25, 0.3) is 0 Å². The number of pyridine rings is 1. The highest BCUT2D eigenvalue weighted by atomic mass is 35.5. The van der Waals surface area contributed by atoms with Gasteiger partial charge in [0, 0.05) is 31.2 Å². The fourth-order valence-corrected chi connectivity index (χ4v) is 1.27. The Kier molecular flexibility index (Phi) is 4.56. The lowest BCUT2D eigenvalue weighted by atomic mass is 10.2. The first-order valence-electron chi connectivity index (χ1n) is 4.36. The lowest BCUT2D eigenvalue weighted by Gasteiger charge is -2.01. The molecule has 0 aliphatic carbocycles. The zero-order valence-corrected chi connectivity index (χ0v) is 8.75. The minimum atomic E-state index is 0.399. The first kappa shape index (κ1) is 11.1. The minimum absolute atomic E-state index is 0.399. The molecule has 0 fully saturated rings. The van der Waals surface area contributed by atoms with Gasteiger partial charge in [-0.3, -0.25) is 9.78 Å². The molecule has 0 N–H and O–H groups in total. The van der Waals surface area contributed by atoms with Gasteiger partial charge in [-0.2, -0.15) is 0 Å². The molecular weight excluding hydrogens is 202 g/mol. The molecular formula is C10H12ClNO2. The highest BCUT2D eigenvalue weighted by Gasteiger charge is 2.01. The Balaban J connectivity index is 2.64. The largest absolute Gasteiger partial charge is 0.385 e. The Labute approximate surface area is 88.1 Å². The van der Waals surface area contributed by atoms with Crippen molar-refractivity contribution in [1.29, 1.82) is 0 Å². The molecule has 0 radical (unpaired) electrons. The van der Waals surface area contributed by atoms with E-state index in [1.54, 1.807) is 13.2 Å². The summed E-state index contributed by atoms with van der Waals surface area (Å²) in [6.07, 6.45) is 3.94. The maximum Gasteiger partial charge on any atom is 0.151 e. The van der Waals surface area contributed by atoms with Crippen LogP contribution in [-0.4, -0.2) is 25.0 Å². The number of methoxy groups -OCH3 is 1. The average Bonchev–Trinajstić information content (AvgIpc) is 2.21. The summed E-state index contributed by atoms with van der Waals surface area (Å²) in [5, 5.41) is 0.399. The normalized spacial score (nSPS) is 10.1. The van der Waals surface area contributed by atoms with Crippen molar-refractivity contribution in [2.75, 3.05) is 13.7 Å². The highest BCUT2D eigenvalue weighted by molar-refractivity contribution is 6.32. The van der Waals surface area contributed by atoms with Gasteiger partial charge in [-0.05, 0) is 18.9 Å². The number of ether oxygens (including phenoxy) is 1. The van der Waals surface area contributed by atoms with Crippen LogP contribution in [0.2, 0.25) is 5.02 Å². The number of hydrogen-bond acceptors (Lipinski definition) is 3. The van der Waals surface area contributed by atoms with Crippen LogP contribution in [0.15, 0.2) is 12.3 Å². The molecule has 4 heteroatoms. The predicted octanol–water partition coefficient (Wildman–Crippen LogP) is 2.13. The van der Waals surface area contributed by atoms with E-state index in [0.717, 1.165) is 24.8 Å². The third-order valence-corrected chi connectivity index (χ3v) is 2.17. The average molecular weight is 214 g/mol. The second-order valence-electron chi connectivity index (χ2n) is 2.91. The summed E-state index contributed by atoms with van der Waals surface area (Å²) in [4.78, 5) is 14.7. The SMILES string of the molecule is COCCCc1cc(C=O)c(Cl)cn1. The zero-order chi connectivity index (χ0) is 10.4. The number of hydrogen-bond donors (Lipinski definition) is 0. The van der Waals surface area contributed by atoms with E-state index in [-0.39, 0.29) is 0 Å². The van der Waals surface area contributed by atoms with Crippen LogP contribution in [0, 0.1) is 0 Å². The van der Waals surface area contributed by atoms with Crippen molar-refractivity contribution in [2.24, 2.45) is 0 Å². The van der Waals surface area contributed by atoms with Gasteiger partial charge in [0.15, 0.2) is 6.29 Å². The molecule has 3 nitrogen and oxygen atoms in total. The van der Waals surface area contributed by atoms with E-state index in [1.165, 1.54) is 6.20 Å². The van der Waals surface area contributed by atoms with Crippen LogP contribution in [-0.2, 0) is 11.2 Å². The van der Waals surface area contributed by atoms with Gasteiger partial charge in [-0.25, -0.2) is 0 Å². The van der Waals surface area contributed by atoms with Gasteiger partial charge < -0.3 is 4.74 Å². The number of carbonyl (C=O) groups is 1. The molecule has 0 aliphatic rings. The maximum atomic E-state index is 10.6. The third kappa shape index (κ3) is 3.09. The Morgan fingerprint density at radius 1 is 1.64 bits per heavy atom. The molecule has 1 aromatic heterocycles. The molecule has 0 aliphatic heterocycles. The molecule has 0 atom stereocenters. The van der Waals surface area contributed by atoms with Gasteiger partial charge in [0.1, 0.15) is 0 Å². The standard InChI is InChI=1S/C10H12ClNO2/c1-14-4-2-3-9-5-8(7-13)10(11)6-12-9/h5-7H,2-4H2,1H3. The van der Waals surface area contributed by atoms with E-state index >= 15 is 0 Å². The van der Waals surface area contributed by atoms with E-state index < -0.39 is 0 Å². The van der Waals surface area contributed by atoms with E-state index in [2.05, 4.69) is 4.98 Å². The van der Waals surface area contributed by atoms with Crippen LogP contribution in [0.3, 0.4) is 0 Å². The van der Waals surface area contributed by atoms with Crippen LogP contribution >= 0.6 is 11.6 Å². The molecule has 1 aromatic rings. The van der Waals surface area contributed by atoms with Gasteiger partial charge in [0.2, 0.25) is 0 Å². The number of aromatic nitrogens is 1. The molecule has 0 aromatic carbocycles. The first-order valence-corrected chi connectivity index (χ1v) is 4.74. The number of nitrogens with zero attached hydrogens (tertiary/aromatic N) is 1. The predicted molar refractivity (Wildman–Crippen MR) is 54.8 cm³/mol. The third-order valence-electron chi connectivity index (χ3n) is 1.85. The van der Waals surface area contributed by atoms with E-state index in [4.69, 9.17) is 16.3 Å². The fourth-order valence-electron chi connectivity index (χ4n) is 1.12. The number of carbonyl (C=O) groups excluding carboxylic acids is 1. The summed E-state index contributed by atoms with van der Waals surface area (Å²) < 4.78 is 4.92. The lowest BCUT2D eigenvalue weighted by molar-refractivity contribution is 0.112. The van der Waals surface area contributed by atoms with Gasteiger partial charge in [0.25, 0.3) is 0 Å². The highest BCUT2D eigenvalue weighted by Crippen LogP contribution is 2.13. The van der Waals surface area contributed by atoms with Crippen molar-refractivity contribution in [1.82, 2.24) is 4.98 Å². The van der Waals surface area contributed by atoms with Crippen LogP contribution in [0.4, 0.5) is 0 Å². The molecule has 0 bridgehead atoms. The minimum Gasteiger partial charge on any atom is -0.385 e. The van der Waals surface area contributed by atoms with Crippen LogP contribution in [0.1, 0.15) is 22.5 Å². The van der Waals surface area contributed by atoms with E-state index in [9.17, 15) is 4.79 Å². The summed E-state index contributed by atoms with van der Waals surface area (Å²) in [6, 6.07) is 1.71. The van der Waals surface area contributed by atoms with Crippen molar-refractivity contribution in [2.45, 2.75) is 12.8 Å². The number of rotatable bonds is 5. The summed E-state index contributed by atoms with van der Waals surface area (Å²) in [7, 11) is 1.66. The van der Waals surface area contributed by atoms with Crippen molar-refractivity contribution >= 4 is 17.9 Å². The van der Waals surface area contributed by atoms with Gasteiger partial charge in [0.05, 0.1) is 5.02 Å². The summed E-state index contributed by atoms with van der Waals surface area (Å²) >= 11 is 5.74. The molecule has 1 heterocycles. The monoisotopic (exact) mass is 213 g/mol. The molecule has 1 rings (SSSR count).